The summed E-state index contributed by atoms with van der Waals surface area (Å²) in [6, 6.07) is 7.44. The Hall–Kier alpha value is -1.22. The zero-order chi connectivity index (χ0) is 14.8. The van der Waals surface area contributed by atoms with Crippen LogP contribution in [0.25, 0.3) is 0 Å². The molecule has 1 atom stereocenters. The number of halogens is 1. The van der Waals surface area contributed by atoms with Crippen molar-refractivity contribution in [1.29, 1.82) is 0 Å². The Morgan fingerprint density at radius 2 is 1.90 bits per heavy atom. The third-order valence-electron chi connectivity index (χ3n) is 4.04. The number of rotatable bonds is 3. The highest BCUT2D eigenvalue weighted by Crippen LogP contribution is 2.43. The number of methoxy groups -OCH3 is 1. The second-order valence-electron chi connectivity index (χ2n) is 6.40. The van der Waals surface area contributed by atoms with Crippen LogP contribution in [-0.2, 0) is 9.53 Å². The smallest absolute Gasteiger partial charge is 0.331 e. The Balaban J connectivity index is 2.28. The molecule has 0 aliphatic heterocycles. The molecule has 2 rings (SSSR count). The summed E-state index contributed by atoms with van der Waals surface area (Å²) < 4.78 is 5.05. The molecule has 1 unspecified atom stereocenters. The average Bonchev–Trinajstić information content (AvgIpc) is 2.39. The van der Waals surface area contributed by atoms with Gasteiger partial charge in [0.15, 0.2) is 0 Å². The van der Waals surface area contributed by atoms with Gasteiger partial charge in [0.25, 0.3) is 0 Å². The molecule has 0 aromatic heterocycles. The molecular formula is C16H22ClNO2. The Morgan fingerprint density at radius 3 is 2.45 bits per heavy atom. The molecule has 1 saturated carbocycles. The predicted molar refractivity (Wildman–Crippen MR) is 82.1 cm³/mol. The molecular weight excluding hydrogens is 274 g/mol. The fourth-order valence-corrected chi connectivity index (χ4v) is 3.33. The summed E-state index contributed by atoms with van der Waals surface area (Å²) in [4.78, 5) is 12.3. The van der Waals surface area contributed by atoms with E-state index in [9.17, 15) is 4.79 Å². The van der Waals surface area contributed by atoms with E-state index in [0.717, 1.165) is 31.4 Å². The zero-order valence-corrected chi connectivity index (χ0v) is 13.1. The normalized spacial score (nSPS) is 25.0. The van der Waals surface area contributed by atoms with Crippen LogP contribution in [-0.4, -0.2) is 18.6 Å². The lowest BCUT2D eigenvalue weighted by atomic mass is 9.68. The summed E-state index contributed by atoms with van der Waals surface area (Å²) in [5.74, 6) is -0.180. The minimum atomic E-state index is -0.635. The number of nitrogens with one attached hydrogen (secondary N) is 1. The summed E-state index contributed by atoms with van der Waals surface area (Å²) >= 11 is 5.90. The van der Waals surface area contributed by atoms with Crippen molar-refractivity contribution in [3.63, 3.8) is 0 Å². The van der Waals surface area contributed by atoms with Crippen LogP contribution < -0.4 is 5.32 Å². The fourth-order valence-electron chi connectivity index (χ4n) is 3.20. The molecule has 1 aromatic carbocycles. The number of anilines is 1. The Morgan fingerprint density at radius 1 is 1.25 bits per heavy atom. The van der Waals surface area contributed by atoms with Crippen molar-refractivity contribution in [1.82, 2.24) is 0 Å². The second kappa shape index (κ2) is 5.65. The first-order chi connectivity index (χ1) is 9.37. The van der Waals surface area contributed by atoms with Crippen LogP contribution in [0.15, 0.2) is 24.3 Å². The average molecular weight is 296 g/mol. The number of carbonyl (C=O) groups excluding carboxylic acids is 1. The highest BCUT2D eigenvalue weighted by Gasteiger charge is 2.46. The summed E-state index contributed by atoms with van der Waals surface area (Å²) in [7, 11) is 1.45. The van der Waals surface area contributed by atoms with Crippen LogP contribution in [0.1, 0.15) is 39.5 Å². The molecule has 1 aliphatic carbocycles. The van der Waals surface area contributed by atoms with Crippen LogP contribution in [0.3, 0.4) is 0 Å². The molecule has 1 aromatic rings. The Bertz CT molecular complexity index is 484. The van der Waals surface area contributed by atoms with E-state index in [4.69, 9.17) is 16.3 Å². The van der Waals surface area contributed by atoms with Gasteiger partial charge in [0, 0.05) is 10.7 Å². The molecule has 1 fully saturated rings. The highest BCUT2D eigenvalue weighted by atomic mass is 35.5. The van der Waals surface area contributed by atoms with Crippen molar-refractivity contribution in [3.05, 3.63) is 29.3 Å². The highest BCUT2D eigenvalue weighted by molar-refractivity contribution is 6.30. The Kier molecular flexibility index (Phi) is 4.28. The number of ether oxygens (including phenoxy) is 1. The molecule has 0 spiro atoms. The maximum atomic E-state index is 12.3. The second-order valence-corrected chi connectivity index (χ2v) is 6.84. The number of esters is 1. The van der Waals surface area contributed by atoms with E-state index in [1.807, 2.05) is 24.3 Å². The topological polar surface area (TPSA) is 38.3 Å². The summed E-state index contributed by atoms with van der Waals surface area (Å²) in [6.07, 6.45) is 3.72. The van der Waals surface area contributed by atoms with Crippen molar-refractivity contribution in [2.75, 3.05) is 12.4 Å². The zero-order valence-electron chi connectivity index (χ0n) is 12.3. The molecule has 4 heteroatoms. The standard InChI is InChI=1S/C16H22ClNO2/c1-15(2)9-4-10-16(11-15,14(19)20-3)18-13-7-5-12(17)6-8-13/h5-8,18H,4,9-11H2,1-3H3. The van der Waals surface area contributed by atoms with Gasteiger partial charge < -0.3 is 10.1 Å². The van der Waals surface area contributed by atoms with Crippen molar-refractivity contribution < 1.29 is 9.53 Å². The summed E-state index contributed by atoms with van der Waals surface area (Å²) in [6.45, 7) is 4.40. The van der Waals surface area contributed by atoms with Crippen LogP contribution in [0, 0.1) is 5.41 Å². The molecule has 1 aliphatic rings. The number of hydrogen-bond acceptors (Lipinski definition) is 3. The van der Waals surface area contributed by atoms with Gasteiger partial charge >= 0.3 is 5.97 Å². The van der Waals surface area contributed by atoms with Crippen LogP contribution in [0.5, 0.6) is 0 Å². The van der Waals surface area contributed by atoms with Crippen molar-refractivity contribution >= 4 is 23.3 Å². The molecule has 0 radical (unpaired) electrons. The van der Waals surface area contributed by atoms with Crippen molar-refractivity contribution in [3.8, 4) is 0 Å². The van der Waals surface area contributed by atoms with Gasteiger partial charge in [0.2, 0.25) is 0 Å². The lowest BCUT2D eigenvalue weighted by Gasteiger charge is -2.43. The number of benzene rings is 1. The van der Waals surface area contributed by atoms with Gasteiger partial charge in [-0.1, -0.05) is 25.4 Å². The predicted octanol–water partition coefficient (Wildman–Crippen LogP) is 4.26. The molecule has 20 heavy (non-hydrogen) atoms. The third-order valence-corrected chi connectivity index (χ3v) is 4.29. The van der Waals surface area contributed by atoms with Gasteiger partial charge in [-0.2, -0.15) is 0 Å². The fraction of sp³-hybridized carbons (Fsp3) is 0.562. The van der Waals surface area contributed by atoms with Crippen LogP contribution in [0.2, 0.25) is 5.02 Å². The van der Waals surface area contributed by atoms with Crippen molar-refractivity contribution in [2.24, 2.45) is 5.41 Å². The van der Waals surface area contributed by atoms with E-state index in [1.165, 1.54) is 7.11 Å². The summed E-state index contributed by atoms with van der Waals surface area (Å²) in [5.41, 5.74) is 0.397. The Labute approximate surface area is 125 Å². The van der Waals surface area contributed by atoms with Gasteiger partial charge in [0.1, 0.15) is 5.54 Å². The van der Waals surface area contributed by atoms with Gasteiger partial charge in [-0.25, -0.2) is 4.79 Å². The van der Waals surface area contributed by atoms with E-state index in [0.29, 0.717) is 5.02 Å². The third kappa shape index (κ3) is 3.26. The van der Waals surface area contributed by atoms with Gasteiger partial charge in [-0.3, -0.25) is 0 Å². The largest absolute Gasteiger partial charge is 0.467 e. The molecule has 0 amide bonds. The van der Waals surface area contributed by atoms with Gasteiger partial charge in [0.05, 0.1) is 7.11 Å². The first-order valence-electron chi connectivity index (χ1n) is 6.99. The first-order valence-corrected chi connectivity index (χ1v) is 7.37. The molecule has 0 saturated heterocycles. The van der Waals surface area contributed by atoms with E-state index in [2.05, 4.69) is 19.2 Å². The minimum Gasteiger partial charge on any atom is -0.467 e. The number of hydrogen-bond donors (Lipinski definition) is 1. The van der Waals surface area contributed by atoms with E-state index in [-0.39, 0.29) is 11.4 Å². The van der Waals surface area contributed by atoms with Crippen LogP contribution >= 0.6 is 11.6 Å². The quantitative estimate of drug-likeness (QED) is 0.847. The van der Waals surface area contributed by atoms with E-state index < -0.39 is 5.54 Å². The number of carbonyl (C=O) groups is 1. The van der Waals surface area contributed by atoms with Gasteiger partial charge in [-0.05, 0) is 55.4 Å². The minimum absolute atomic E-state index is 0.131. The molecule has 0 heterocycles. The molecule has 0 bridgehead atoms. The summed E-state index contributed by atoms with van der Waals surface area (Å²) in [5, 5.41) is 4.08. The monoisotopic (exact) mass is 295 g/mol. The van der Waals surface area contributed by atoms with Crippen LogP contribution in [0.4, 0.5) is 5.69 Å². The maximum absolute atomic E-state index is 12.3. The SMILES string of the molecule is COC(=O)C1(Nc2ccc(Cl)cc2)CCCC(C)(C)C1. The van der Waals surface area contributed by atoms with E-state index >= 15 is 0 Å². The lowest BCUT2D eigenvalue weighted by molar-refractivity contribution is -0.148. The van der Waals surface area contributed by atoms with Crippen molar-refractivity contribution in [2.45, 2.75) is 45.1 Å². The first kappa shape index (κ1) is 15.2. The molecule has 110 valence electrons. The molecule has 1 N–H and O–H groups in total. The van der Waals surface area contributed by atoms with Gasteiger partial charge in [-0.15, -0.1) is 0 Å². The molecule has 3 nitrogen and oxygen atoms in total. The lowest BCUT2D eigenvalue weighted by Crippen LogP contribution is -2.52. The van der Waals surface area contributed by atoms with E-state index in [1.54, 1.807) is 0 Å². The maximum Gasteiger partial charge on any atom is 0.331 e.